The van der Waals surface area contributed by atoms with Crippen molar-refractivity contribution < 1.29 is 0 Å². The van der Waals surface area contributed by atoms with E-state index in [1.165, 1.54) is 16.2 Å². The van der Waals surface area contributed by atoms with E-state index < -0.39 is 0 Å². The Morgan fingerprint density at radius 2 is 1.36 bits per heavy atom. The number of hydrogen-bond acceptors (Lipinski definition) is 1. The third-order valence-electron chi connectivity index (χ3n) is 3.73. The zero-order chi connectivity index (χ0) is 15.2. The molecule has 2 aromatic carbocycles. The normalized spacial score (nSPS) is 10.8. The van der Waals surface area contributed by atoms with Crippen LogP contribution in [0.1, 0.15) is 11.3 Å². The summed E-state index contributed by atoms with van der Waals surface area (Å²) in [6.45, 7) is 2.03. The van der Waals surface area contributed by atoms with E-state index in [-0.39, 0.29) is 7.92 Å². The molecule has 2 heteroatoms. The first-order valence-electron chi connectivity index (χ1n) is 7.62. The second kappa shape index (κ2) is 7.33. The minimum Gasteiger partial charge on any atom is -0.261 e. The van der Waals surface area contributed by atoms with Gasteiger partial charge >= 0.3 is 0 Å². The SMILES string of the molecule is Cc1ccc(CCP(c2ccccc2)c2ccccc2)cn1. The maximum Gasteiger partial charge on any atom is 0.0372 e. The lowest BCUT2D eigenvalue weighted by Gasteiger charge is -2.18. The summed E-state index contributed by atoms with van der Waals surface area (Å²) in [5, 5.41) is 2.90. The van der Waals surface area contributed by atoms with Gasteiger partial charge in [-0.3, -0.25) is 4.98 Å². The molecule has 1 nitrogen and oxygen atoms in total. The summed E-state index contributed by atoms with van der Waals surface area (Å²) >= 11 is 0. The molecule has 1 aromatic heterocycles. The largest absolute Gasteiger partial charge is 0.261 e. The van der Waals surface area contributed by atoms with Crippen LogP contribution >= 0.6 is 7.92 Å². The van der Waals surface area contributed by atoms with Gasteiger partial charge in [-0.1, -0.05) is 66.7 Å². The van der Waals surface area contributed by atoms with Crippen molar-refractivity contribution in [2.75, 3.05) is 6.16 Å². The molecule has 0 aliphatic heterocycles. The fourth-order valence-corrected chi connectivity index (χ4v) is 4.87. The van der Waals surface area contributed by atoms with Crippen LogP contribution in [0.25, 0.3) is 0 Å². The predicted octanol–water partition coefficient (Wildman–Crippen LogP) is 4.07. The smallest absolute Gasteiger partial charge is 0.0372 e. The Morgan fingerprint density at radius 3 is 1.86 bits per heavy atom. The van der Waals surface area contributed by atoms with Crippen LogP contribution in [0.15, 0.2) is 79.0 Å². The lowest BCUT2D eigenvalue weighted by Crippen LogP contribution is -2.14. The fourth-order valence-electron chi connectivity index (χ4n) is 2.51. The molecular formula is C20H20NP. The molecule has 3 rings (SSSR count). The van der Waals surface area contributed by atoms with E-state index >= 15 is 0 Å². The number of nitrogens with zero attached hydrogens (tertiary/aromatic N) is 1. The molecular weight excluding hydrogens is 285 g/mol. The highest BCUT2D eigenvalue weighted by molar-refractivity contribution is 7.73. The van der Waals surface area contributed by atoms with Crippen LogP contribution in [-0.2, 0) is 6.42 Å². The minimum absolute atomic E-state index is 0.310. The van der Waals surface area contributed by atoms with Crippen molar-refractivity contribution in [2.24, 2.45) is 0 Å². The maximum atomic E-state index is 4.41. The Balaban J connectivity index is 1.81. The van der Waals surface area contributed by atoms with Gasteiger partial charge in [-0.05, 0) is 49.7 Å². The molecule has 0 bridgehead atoms. The van der Waals surface area contributed by atoms with Gasteiger partial charge in [0, 0.05) is 11.9 Å². The van der Waals surface area contributed by atoms with Crippen molar-refractivity contribution in [3.8, 4) is 0 Å². The molecule has 0 amide bonds. The lowest BCUT2D eigenvalue weighted by molar-refractivity contribution is 1.08. The summed E-state index contributed by atoms with van der Waals surface area (Å²) in [4.78, 5) is 4.41. The highest BCUT2D eigenvalue weighted by Crippen LogP contribution is 2.34. The van der Waals surface area contributed by atoms with Crippen LogP contribution < -0.4 is 10.6 Å². The molecule has 1 heterocycles. The van der Waals surface area contributed by atoms with E-state index in [0.29, 0.717) is 0 Å². The average Bonchev–Trinajstić information content (AvgIpc) is 2.59. The summed E-state index contributed by atoms with van der Waals surface area (Å²) < 4.78 is 0. The number of rotatable bonds is 5. The van der Waals surface area contributed by atoms with Crippen LogP contribution in [0.4, 0.5) is 0 Å². The second-order valence-corrected chi connectivity index (χ2v) is 7.72. The Kier molecular flexibility index (Phi) is 4.98. The van der Waals surface area contributed by atoms with Gasteiger partial charge in [-0.15, -0.1) is 0 Å². The summed E-state index contributed by atoms with van der Waals surface area (Å²) in [7, 11) is -0.310. The molecule has 0 aliphatic carbocycles. The van der Waals surface area contributed by atoms with Crippen LogP contribution in [0.5, 0.6) is 0 Å². The Morgan fingerprint density at radius 1 is 0.773 bits per heavy atom. The molecule has 0 aliphatic rings. The number of benzene rings is 2. The number of pyridine rings is 1. The number of aromatic nitrogens is 1. The molecule has 22 heavy (non-hydrogen) atoms. The molecule has 3 aromatic rings. The second-order valence-electron chi connectivity index (χ2n) is 5.38. The zero-order valence-corrected chi connectivity index (χ0v) is 13.7. The summed E-state index contributed by atoms with van der Waals surface area (Å²) in [6.07, 6.45) is 4.25. The molecule has 0 spiro atoms. The first-order chi connectivity index (χ1) is 10.8. The molecule has 0 fully saturated rings. The highest BCUT2D eigenvalue weighted by Gasteiger charge is 2.13. The van der Waals surface area contributed by atoms with Gasteiger partial charge in [0.05, 0.1) is 0 Å². The summed E-state index contributed by atoms with van der Waals surface area (Å²) in [5.41, 5.74) is 2.40. The molecule has 0 saturated heterocycles. The molecule has 0 saturated carbocycles. The molecule has 0 N–H and O–H groups in total. The Bertz CT molecular complexity index is 653. The maximum absolute atomic E-state index is 4.41. The third-order valence-corrected chi connectivity index (χ3v) is 6.25. The van der Waals surface area contributed by atoms with Crippen LogP contribution in [-0.4, -0.2) is 11.1 Å². The van der Waals surface area contributed by atoms with Crippen LogP contribution in [0.2, 0.25) is 0 Å². The predicted molar refractivity (Wildman–Crippen MR) is 96.6 cm³/mol. The van der Waals surface area contributed by atoms with Gasteiger partial charge in [0.2, 0.25) is 0 Å². The van der Waals surface area contributed by atoms with E-state index in [1.807, 2.05) is 13.1 Å². The van der Waals surface area contributed by atoms with Crippen molar-refractivity contribution >= 4 is 18.5 Å². The molecule has 110 valence electrons. The summed E-state index contributed by atoms with van der Waals surface area (Å²) in [5.74, 6) is 0. The van der Waals surface area contributed by atoms with E-state index in [4.69, 9.17) is 0 Å². The van der Waals surface area contributed by atoms with Crippen LogP contribution in [0.3, 0.4) is 0 Å². The van der Waals surface area contributed by atoms with Crippen molar-refractivity contribution in [3.63, 3.8) is 0 Å². The minimum atomic E-state index is -0.310. The quantitative estimate of drug-likeness (QED) is 0.648. The van der Waals surface area contributed by atoms with Gasteiger partial charge in [-0.2, -0.15) is 0 Å². The highest BCUT2D eigenvalue weighted by atomic mass is 31.1. The Labute approximate surface area is 133 Å². The van der Waals surface area contributed by atoms with Gasteiger partial charge in [0.1, 0.15) is 0 Å². The first-order valence-corrected chi connectivity index (χ1v) is 9.15. The van der Waals surface area contributed by atoms with E-state index in [0.717, 1.165) is 18.3 Å². The molecule has 0 radical (unpaired) electrons. The average molecular weight is 305 g/mol. The van der Waals surface area contributed by atoms with Gasteiger partial charge in [0.25, 0.3) is 0 Å². The standard InChI is InChI=1S/C20H20NP/c1-17-12-13-18(16-21-17)14-15-22(19-8-4-2-5-9-19)20-10-6-3-7-11-20/h2-13,16H,14-15H2,1H3. The fraction of sp³-hybridized carbons (Fsp3) is 0.150. The van der Waals surface area contributed by atoms with Crippen molar-refractivity contribution in [2.45, 2.75) is 13.3 Å². The first kappa shape index (κ1) is 14.9. The van der Waals surface area contributed by atoms with Crippen LogP contribution in [0, 0.1) is 6.92 Å². The number of hydrogen-bond donors (Lipinski definition) is 0. The van der Waals surface area contributed by atoms with E-state index in [9.17, 15) is 0 Å². The third kappa shape index (κ3) is 3.81. The number of aryl methyl sites for hydroxylation is 2. The van der Waals surface area contributed by atoms with Crippen molar-refractivity contribution in [1.82, 2.24) is 4.98 Å². The monoisotopic (exact) mass is 305 g/mol. The van der Waals surface area contributed by atoms with E-state index in [2.05, 4.69) is 77.8 Å². The lowest BCUT2D eigenvalue weighted by atomic mass is 10.2. The van der Waals surface area contributed by atoms with Gasteiger partial charge in [-0.25, -0.2) is 0 Å². The molecule has 0 atom stereocenters. The topological polar surface area (TPSA) is 12.9 Å². The molecule has 0 unspecified atom stereocenters. The van der Waals surface area contributed by atoms with E-state index in [1.54, 1.807) is 0 Å². The van der Waals surface area contributed by atoms with Gasteiger partial charge < -0.3 is 0 Å². The Hall–Kier alpha value is -1.98. The van der Waals surface area contributed by atoms with Gasteiger partial charge in [0.15, 0.2) is 0 Å². The zero-order valence-electron chi connectivity index (χ0n) is 12.8. The van der Waals surface area contributed by atoms with Crippen molar-refractivity contribution in [3.05, 3.63) is 90.3 Å². The summed E-state index contributed by atoms with van der Waals surface area (Å²) in [6, 6.07) is 26.1. The van der Waals surface area contributed by atoms with Crippen molar-refractivity contribution in [1.29, 1.82) is 0 Å².